The number of rotatable bonds is 3. The number of hydrogen-bond donors (Lipinski definition) is 0. The summed E-state index contributed by atoms with van der Waals surface area (Å²) in [7, 11) is -3.52. The number of aliphatic imine (C=N–C) groups is 1. The molecule has 2 aliphatic rings. The van der Waals surface area contributed by atoms with Crippen molar-refractivity contribution >= 4 is 22.0 Å². The molecule has 0 aromatic heterocycles. The minimum atomic E-state index is -3.52. The van der Waals surface area contributed by atoms with E-state index in [1.165, 1.54) is 10.6 Å². The first-order valence-electron chi connectivity index (χ1n) is 6.09. The number of nitriles is 1. The summed E-state index contributed by atoms with van der Waals surface area (Å²) in [6.45, 7) is 0.348. The lowest BCUT2D eigenvalue weighted by Gasteiger charge is -2.27. The van der Waals surface area contributed by atoms with Crippen LogP contribution in [0.1, 0.15) is 19.3 Å². The van der Waals surface area contributed by atoms with E-state index in [2.05, 4.69) is 11.1 Å². The Hall–Kier alpha value is -1.87. The Morgan fingerprint density at radius 2 is 2.11 bits per heavy atom. The Kier molecular flexibility index (Phi) is 2.61. The molecule has 1 aliphatic heterocycles. The molecule has 98 valence electrons. The molecule has 0 saturated heterocycles. The second-order valence-corrected chi connectivity index (χ2v) is 6.96. The van der Waals surface area contributed by atoms with Crippen LogP contribution in [0.25, 0.3) is 0 Å². The van der Waals surface area contributed by atoms with Gasteiger partial charge in [-0.15, -0.1) is 0 Å². The van der Waals surface area contributed by atoms with E-state index in [9.17, 15) is 8.42 Å². The lowest BCUT2D eigenvalue weighted by atomic mass is 10.0. The predicted molar refractivity (Wildman–Crippen MR) is 70.4 cm³/mol. The summed E-state index contributed by atoms with van der Waals surface area (Å²) in [5.41, 5.74) is 0.309. The fourth-order valence-electron chi connectivity index (χ4n) is 2.29. The maximum atomic E-state index is 12.5. The summed E-state index contributed by atoms with van der Waals surface area (Å²) in [5, 5.41) is 8.81. The van der Waals surface area contributed by atoms with Gasteiger partial charge in [-0.05, 0) is 25.0 Å². The second-order valence-electron chi connectivity index (χ2n) is 5.10. The molecule has 0 spiro atoms. The van der Waals surface area contributed by atoms with Gasteiger partial charge in [0.05, 0.1) is 11.8 Å². The van der Waals surface area contributed by atoms with Crippen LogP contribution in [0.2, 0.25) is 0 Å². The number of sulfonamides is 1. The Balaban J connectivity index is 1.93. The van der Waals surface area contributed by atoms with Crippen molar-refractivity contribution in [2.24, 2.45) is 10.4 Å². The number of nitrogens with zero attached hydrogens (tertiary/aromatic N) is 3. The number of fused-ring (bicyclic) bond motifs is 1. The van der Waals surface area contributed by atoms with Gasteiger partial charge < -0.3 is 0 Å². The molecule has 3 rings (SSSR count). The summed E-state index contributed by atoms with van der Waals surface area (Å²) in [5.74, 6) is 0. The highest BCUT2D eigenvalue weighted by atomic mass is 32.2. The van der Waals surface area contributed by atoms with Gasteiger partial charge in [-0.1, -0.05) is 12.1 Å². The summed E-state index contributed by atoms with van der Waals surface area (Å²) >= 11 is 0. The zero-order valence-electron chi connectivity index (χ0n) is 10.3. The summed E-state index contributed by atoms with van der Waals surface area (Å²) in [6, 6.07) is 8.85. The molecule has 1 saturated carbocycles. The molecular formula is C13H13N3O2S. The van der Waals surface area contributed by atoms with Crippen LogP contribution in [0, 0.1) is 16.7 Å². The quantitative estimate of drug-likeness (QED) is 0.847. The van der Waals surface area contributed by atoms with E-state index >= 15 is 0 Å². The smallest absolute Gasteiger partial charge is 0.256 e. The second kappa shape index (κ2) is 4.07. The average Bonchev–Trinajstić information content (AvgIpc) is 3.14. The molecule has 19 heavy (non-hydrogen) atoms. The molecule has 5 nitrogen and oxygen atoms in total. The third kappa shape index (κ3) is 2.00. The van der Waals surface area contributed by atoms with Crippen molar-refractivity contribution < 1.29 is 8.42 Å². The largest absolute Gasteiger partial charge is 0.267 e. The zero-order valence-corrected chi connectivity index (χ0v) is 11.1. The Morgan fingerprint density at radius 1 is 1.37 bits per heavy atom. The molecule has 0 N–H and O–H groups in total. The van der Waals surface area contributed by atoms with Crippen molar-refractivity contribution in [3.05, 3.63) is 24.3 Å². The molecule has 1 aromatic rings. The Labute approximate surface area is 112 Å². The highest BCUT2D eigenvalue weighted by Gasteiger charge is 2.46. The maximum absolute atomic E-state index is 12.5. The lowest BCUT2D eigenvalue weighted by molar-refractivity contribution is 0.416. The number of hydrogen-bond acceptors (Lipinski definition) is 4. The SMILES string of the molecule is N#CCC1(CN2C=Nc3ccccc3S2(=O)=O)CC1. The molecule has 0 amide bonds. The molecule has 6 heteroatoms. The van der Waals surface area contributed by atoms with Crippen molar-refractivity contribution in [1.82, 2.24) is 4.31 Å². The van der Waals surface area contributed by atoms with Crippen molar-refractivity contribution in [1.29, 1.82) is 5.26 Å². The first-order chi connectivity index (χ1) is 9.07. The highest BCUT2D eigenvalue weighted by Crippen LogP contribution is 2.50. The van der Waals surface area contributed by atoms with Gasteiger partial charge in [0.25, 0.3) is 10.0 Å². The highest BCUT2D eigenvalue weighted by molar-refractivity contribution is 7.89. The predicted octanol–water partition coefficient (Wildman–Crippen LogP) is 2.04. The summed E-state index contributed by atoms with van der Waals surface area (Å²) in [6.07, 6.45) is 3.58. The van der Waals surface area contributed by atoms with E-state index < -0.39 is 10.0 Å². The van der Waals surface area contributed by atoms with Gasteiger partial charge in [0, 0.05) is 18.4 Å². The lowest BCUT2D eigenvalue weighted by Crippen LogP contribution is -2.36. The van der Waals surface area contributed by atoms with E-state index in [0.29, 0.717) is 18.7 Å². The van der Waals surface area contributed by atoms with E-state index in [1.54, 1.807) is 24.3 Å². The molecule has 0 bridgehead atoms. The van der Waals surface area contributed by atoms with E-state index in [4.69, 9.17) is 5.26 Å². The van der Waals surface area contributed by atoms with Crippen LogP contribution in [-0.4, -0.2) is 25.6 Å². The third-order valence-corrected chi connectivity index (χ3v) is 5.42. The molecule has 1 heterocycles. The van der Waals surface area contributed by atoms with Gasteiger partial charge in [0.1, 0.15) is 11.2 Å². The van der Waals surface area contributed by atoms with Crippen LogP contribution in [0.15, 0.2) is 34.2 Å². The van der Waals surface area contributed by atoms with Crippen LogP contribution in [-0.2, 0) is 10.0 Å². The van der Waals surface area contributed by atoms with Crippen LogP contribution < -0.4 is 0 Å². The standard InChI is InChI=1S/C13H13N3O2S/c14-8-7-13(5-6-13)9-16-10-15-11-3-1-2-4-12(11)19(16,17)18/h1-4,10H,5-7,9H2. The fraction of sp³-hybridized carbons (Fsp3) is 0.385. The summed E-state index contributed by atoms with van der Waals surface area (Å²) < 4.78 is 26.2. The topological polar surface area (TPSA) is 73.5 Å². The van der Waals surface area contributed by atoms with Crippen molar-refractivity contribution in [2.45, 2.75) is 24.2 Å². The minimum Gasteiger partial charge on any atom is -0.256 e. The Bertz CT molecular complexity index is 684. The van der Waals surface area contributed by atoms with Crippen LogP contribution in [0.5, 0.6) is 0 Å². The molecule has 1 aliphatic carbocycles. The number of benzene rings is 1. The van der Waals surface area contributed by atoms with Gasteiger partial charge >= 0.3 is 0 Å². The first-order valence-corrected chi connectivity index (χ1v) is 7.54. The van der Waals surface area contributed by atoms with Crippen molar-refractivity contribution in [3.8, 4) is 6.07 Å². The molecule has 0 radical (unpaired) electrons. The van der Waals surface area contributed by atoms with Gasteiger partial charge in [-0.3, -0.25) is 4.31 Å². The molecular weight excluding hydrogens is 262 g/mol. The van der Waals surface area contributed by atoms with E-state index in [1.807, 2.05) is 0 Å². The monoisotopic (exact) mass is 275 g/mol. The van der Waals surface area contributed by atoms with Crippen LogP contribution in [0.3, 0.4) is 0 Å². The molecule has 1 fully saturated rings. The van der Waals surface area contributed by atoms with Gasteiger partial charge in [-0.25, -0.2) is 13.4 Å². The third-order valence-electron chi connectivity index (χ3n) is 3.68. The van der Waals surface area contributed by atoms with Crippen LogP contribution >= 0.6 is 0 Å². The first kappa shape index (κ1) is 12.2. The summed E-state index contributed by atoms with van der Waals surface area (Å²) in [4.78, 5) is 4.42. The maximum Gasteiger partial charge on any atom is 0.267 e. The fourth-order valence-corrected chi connectivity index (χ4v) is 3.79. The minimum absolute atomic E-state index is 0.167. The molecule has 0 unspecified atom stereocenters. The van der Waals surface area contributed by atoms with Crippen molar-refractivity contribution in [3.63, 3.8) is 0 Å². The average molecular weight is 275 g/mol. The van der Waals surface area contributed by atoms with Gasteiger partial charge in [0.2, 0.25) is 0 Å². The van der Waals surface area contributed by atoms with Crippen molar-refractivity contribution in [2.75, 3.05) is 6.54 Å². The zero-order chi connectivity index (χ0) is 13.5. The van der Waals surface area contributed by atoms with E-state index in [-0.39, 0.29) is 10.3 Å². The normalized spacial score (nSPS) is 21.5. The van der Waals surface area contributed by atoms with Crippen LogP contribution in [0.4, 0.5) is 5.69 Å². The molecule has 1 aromatic carbocycles. The van der Waals surface area contributed by atoms with E-state index in [0.717, 1.165) is 12.8 Å². The van der Waals surface area contributed by atoms with Gasteiger partial charge in [0.15, 0.2) is 0 Å². The number of para-hydroxylation sites is 1. The van der Waals surface area contributed by atoms with Gasteiger partial charge in [-0.2, -0.15) is 5.26 Å². The Morgan fingerprint density at radius 3 is 2.79 bits per heavy atom. The molecule has 0 atom stereocenters.